The second-order valence-corrected chi connectivity index (χ2v) is 4.38. The summed E-state index contributed by atoms with van der Waals surface area (Å²) >= 11 is 0. The Bertz CT molecular complexity index is 498. The van der Waals surface area contributed by atoms with Gasteiger partial charge in [0.1, 0.15) is 11.3 Å². The first-order valence-corrected chi connectivity index (χ1v) is 5.77. The minimum atomic E-state index is 0.502. The SMILES string of the molecule is Cc1ccnc2cc(C3CCOCC3)oc12. The Kier molecular flexibility index (Phi) is 2.40. The number of hydrogen-bond acceptors (Lipinski definition) is 3. The first-order valence-electron chi connectivity index (χ1n) is 5.77. The lowest BCUT2D eigenvalue weighted by atomic mass is 9.98. The van der Waals surface area contributed by atoms with Crippen LogP contribution in [0.4, 0.5) is 0 Å². The summed E-state index contributed by atoms with van der Waals surface area (Å²) in [5, 5.41) is 0. The van der Waals surface area contributed by atoms with E-state index in [0.717, 1.165) is 48.5 Å². The zero-order valence-electron chi connectivity index (χ0n) is 9.40. The number of aromatic nitrogens is 1. The molecule has 3 heteroatoms. The molecule has 0 atom stereocenters. The maximum Gasteiger partial charge on any atom is 0.155 e. The van der Waals surface area contributed by atoms with Gasteiger partial charge in [-0.25, -0.2) is 0 Å². The maximum atomic E-state index is 5.92. The molecule has 16 heavy (non-hydrogen) atoms. The second kappa shape index (κ2) is 3.91. The van der Waals surface area contributed by atoms with Gasteiger partial charge in [0.25, 0.3) is 0 Å². The van der Waals surface area contributed by atoms with Crippen LogP contribution < -0.4 is 0 Å². The maximum absolute atomic E-state index is 5.92. The molecule has 0 unspecified atom stereocenters. The van der Waals surface area contributed by atoms with Gasteiger partial charge < -0.3 is 9.15 Å². The van der Waals surface area contributed by atoms with Crippen molar-refractivity contribution in [3.05, 3.63) is 29.7 Å². The topological polar surface area (TPSA) is 35.3 Å². The van der Waals surface area contributed by atoms with Crippen molar-refractivity contribution < 1.29 is 9.15 Å². The van der Waals surface area contributed by atoms with Crippen LogP contribution in [0.5, 0.6) is 0 Å². The van der Waals surface area contributed by atoms with Crippen LogP contribution in [-0.4, -0.2) is 18.2 Å². The fraction of sp³-hybridized carbons (Fsp3) is 0.462. The van der Waals surface area contributed by atoms with Crippen molar-refractivity contribution in [2.45, 2.75) is 25.7 Å². The summed E-state index contributed by atoms with van der Waals surface area (Å²) in [5.74, 6) is 1.57. The molecule has 1 aliphatic rings. The largest absolute Gasteiger partial charge is 0.459 e. The Morgan fingerprint density at radius 1 is 1.31 bits per heavy atom. The first-order chi connectivity index (χ1) is 7.84. The van der Waals surface area contributed by atoms with Gasteiger partial charge >= 0.3 is 0 Å². The molecule has 1 fully saturated rings. The van der Waals surface area contributed by atoms with Gasteiger partial charge in [0.05, 0.1) is 0 Å². The van der Waals surface area contributed by atoms with E-state index in [1.807, 2.05) is 12.3 Å². The predicted molar refractivity (Wildman–Crippen MR) is 61.5 cm³/mol. The fourth-order valence-electron chi connectivity index (χ4n) is 2.27. The lowest BCUT2D eigenvalue weighted by molar-refractivity contribution is 0.0810. The van der Waals surface area contributed by atoms with Crippen molar-refractivity contribution in [2.75, 3.05) is 13.2 Å². The summed E-state index contributed by atoms with van der Waals surface area (Å²) in [6, 6.07) is 4.07. The summed E-state index contributed by atoms with van der Waals surface area (Å²) in [6.45, 7) is 3.74. The van der Waals surface area contributed by atoms with Crippen LogP contribution in [0.1, 0.15) is 30.1 Å². The minimum Gasteiger partial charge on any atom is -0.459 e. The lowest BCUT2D eigenvalue weighted by Crippen LogP contribution is -2.13. The molecule has 3 rings (SSSR count). The molecule has 3 nitrogen and oxygen atoms in total. The Morgan fingerprint density at radius 3 is 2.88 bits per heavy atom. The summed E-state index contributed by atoms with van der Waals surface area (Å²) in [5.41, 5.74) is 3.06. The number of furan rings is 1. The third kappa shape index (κ3) is 1.61. The van der Waals surface area contributed by atoms with Gasteiger partial charge in [-0.05, 0) is 31.4 Å². The number of nitrogens with zero attached hydrogens (tertiary/aromatic N) is 1. The van der Waals surface area contributed by atoms with Crippen LogP contribution in [0, 0.1) is 6.92 Å². The van der Waals surface area contributed by atoms with Crippen molar-refractivity contribution in [1.82, 2.24) is 4.98 Å². The Labute approximate surface area is 94.4 Å². The van der Waals surface area contributed by atoms with Gasteiger partial charge in [-0.2, -0.15) is 0 Å². The molecule has 0 radical (unpaired) electrons. The first kappa shape index (κ1) is 9.85. The smallest absolute Gasteiger partial charge is 0.155 e. The van der Waals surface area contributed by atoms with Crippen LogP contribution in [0.25, 0.3) is 11.1 Å². The van der Waals surface area contributed by atoms with E-state index in [2.05, 4.69) is 18.0 Å². The van der Waals surface area contributed by atoms with E-state index in [1.54, 1.807) is 0 Å². The van der Waals surface area contributed by atoms with Crippen LogP contribution in [0.15, 0.2) is 22.7 Å². The van der Waals surface area contributed by atoms with Crippen LogP contribution in [-0.2, 0) is 4.74 Å². The Hall–Kier alpha value is -1.35. The highest BCUT2D eigenvalue weighted by molar-refractivity contribution is 5.76. The molecule has 0 aromatic carbocycles. The molecule has 0 N–H and O–H groups in total. The van der Waals surface area contributed by atoms with Gasteiger partial charge in [0.2, 0.25) is 0 Å². The second-order valence-electron chi connectivity index (χ2n) is 4.38. The molecule has 0 amide bonds. The molecule has 3 heterocycles. The van der Waals surface area contributed by atoms with Crippen LogP contribution >= 0.6 is 0 Å². The average Bonchev–Trinajstić information content (AvgIpc) is 2.76. The zero-order chi connectivity index (χ0) is 11.0. The highest BCUT2D eigenvalue weighted by Gasteiger charge is 2.20. The van der Waals surface area contributed by atoms with Gasteiger partial charge in [-0.3, -0.25) is 4.98 Å². The molecule has 0 saturated carbocycles. The van der Waals surface area contributed by atoms with Crippen molar-refractivity contribution >= 4 is 11.1 Å². The standard InChI is InChI=1S/C13H15NO2/c1-9-2-5-14-11-8-12(16-13(9)11)10-3-6-15-7-4-10/h2,5,8,10H,3-4,6-7H2,1H3. The Morgan fingerprint density at radius 2 is 2.12 bits per heavy atom. The predicted octanol–water partition coefficient (Wildman–Crippen LogP) is 3.03. The summed E-state index contributed by atoms with van der Waals surface area (Å²) in [7, 11) is 0. The molecule has 2 aromatic rings. The number of aryl methyl sites for hydroxylation is 1. The monoisotopic (exact) mass is 217 g/mol. The van der Waals surface area contributed by atoms with Crippen molar-refractivity contribution in [3.63, 3.8) is 0 Å². The Balaban J connectivity index is 2.01. The molecular weight excluding hydrogens is 202 g/mol. The van der Waals surface area contributed by atoms with Gasteiger partial charge in [0, 0.05) is 31.4 Å². The highest BCUT2D eigenvalue weighted by atomic mass is 16.5. The molecular formula is C13H15NO2. The van der Waals surface area contributed by atoms with Crippen LogP contribution in [0.3, 0.4) is 0 Å². The van der Waals surface area contributed by atoms with Gasteiger partial charge in [-0.1, -0.05) is 0 Å². The highest BCUT2D eigenvalue weighted by Crippen LogP contribution is 2.31. The summed E-state index contributed by atoms with van der Waals surface area (Å²) < 4.78 is 11.3. The molecule has 0 aliphatic carbocycles. The number of rotatable bonds is 1. The molecule has 1 saturated heterocycles. The fourth-order valence-corrected chi connectivity index (χ4v) is 2.27. The molecule has 0 bridgehead atoms. The molecule has 1 aliphatic heterocycles. The molecule has 2 aromatic heterocycles. The van der Waals surface area contributed by atoms with Crippen molar-refractivity contribution in [1.29, 1.82) is 0 Å². The number of ether oxygens (including phenoxy) is 1. The lowest BCUT2D eigenvalue weighted by Gasteiger charge is -2.19. The average molecular weight is 217 g/mol. The molecule has 84 valence electrons. The van der Waals surface area contributed by atoms with E-state index in [4.69, 9.17) is 9.15 Å². The van der Waals surface area contributed by atoms with E-state index in [0.29, 0.717) is 5.92 Å². The number of pyridine rings is 1. The zero-order valence-corrected chi connectivity index (χ0v) is 9.40. The minimum absolute atomic E-state index is 0.502. The van der Waals surface area contributed by atoms with Crippen LogP contribution in [0.2, 0.25) is 0 Å². The van der Waals surface area contributed by atoms with Crippen molar-refractivity contribution in [2.24, 2.45) is 0 Å². The molecule has 0 spiro atoms. The number of fused-ring (bicyclic) bond motifs is 1. The van der Waals surface area contributed by atoms with E-state index >= 15 is 0 Å². The van der Waals surface area contributed by atoms with Gasteiger partial charge in [0.15, 0.2) is 5.58 Å². The normalized spacial score (nSPS) is 18.1. The van der Waals surface area contributed by atoms with E-state index in [9.17, 15) is 0 Å². The summed E-state index contributed by atoms with van der Waals surface area (Å²) in [4.78, 5) is 4.33. The third-order valence-electron chi connectivity index (χ3n) is 3.25. The van der Waals surface area contributed by atoms with E-state index in [-0.39, 0.29) is 0 Å². The third-order valence-corrected chi connectivity index (χ3v) is 3.25. The number of hydrogen-bond donors (Lipinski definition) is 0. The van der Waals surface area contributed by atoms with Crippen molar-refractivity contribution in [3.8, 4) is 0 Å². The quantitative estimate of drug-likeness (QED) is 0.736. The van der Waals surface area contributed by atoms with Gasteiger partial charge in [-0.15, -0.1) is 0 Å². The van der Waals surface area contributed by atoms with E-state index < -0.39 is 0 Å². The van der Waals surface area contributed by atoms with E-state index in [1.165, 1.54) is 0 Å². The summed E-state index contributed by atoms with van der Waals surface area (Å²) in [6.07, 6.45) is 3.94.